The van der Waals surface area contributed by atoms with Crippen LogP contribution in [0, 0.1) is 6.92 Å². The van der Waals surface area contributed by atoms with E-state index >= 15 is 0 Å². The number of nitrogens with zero attached hydrogens (tertiary/aromatic N) is 2. The maximum Gasteiger partial charge on any atom is 0.204 e. The first kappa shape index (κ1) is 23.0. The van der Waals surface area contributed by atoms with Gasteiger partial charge >= 0.3 is 0 Å². The molecule has 0 fully saturated rings. The van der Waals surface area contributed by atoms with Crippen LogP contribution in [-0.2, 0) is 4.74 Å². The largest absolute Gasteiger partial charge is 0.456 e. The monoisotopic (exact) mass is 499 g/mol. The molecule has 0 aliphatic carbocycles. The number of hydrogen-bond acceptors (Lipinski definition) is 5. The Bertz CT molecular complexity index is 1600. The predicted molar refractivity (Wildman–Crippen MR) is 155 cm³/mol. The van der Waals surface area contributed by atoms with Gasteiger partial charge in [0, 0.05) is 22.6 Å². The maximum absolute atomic E-state index is 6.62. The molecule has 0 bridgehead atoms. The van der Waals surface area contributed by atoms with Crippen molar-refractivity contribution in [3.05, 3.63) is 143 Å². The Morgan fingerprint density at radius 1 is 0.811 bits per heavy atom. The second kappa shape index (κ2) is 10.2. The molecule has 1 aromatic heterocycles. The molecule has 0 saturated carbocycles. The number of hydrogen-bond donors (Lipinski definition) is 1. The summed E-state index contributed by atoms with van der Waals surface area (Å²) in [5.74, 6) is 1.59. The maximum atomic E-state index is 6.62. The second-order valence-electron chi connectivity index (χ2n) is 8.84. The molecule has 5 heteroatoms. The number of para-hydroxylation sites is 1. The molecule has 2 heterocycles. The van der Waals surface area contributed by atoms with Crippen molar-refractivity contribution in [2.24, 2.45) is 5.10 Å². The van der Waals surface area contributed by atoms with Crippen LogP contribution >= 0.6 is 11.3 Å². The number of anilines is 1. The molecule has 37 heavy (non-hydrogen) atoms. The highest BCUT2D eigenvalue weighted by Gasteiger charge is 2.28. The van der Waals surface area contributed by atoms with Gasteiger partial charge in [-0.1, -0.05) is 108 Å². The zero-order chi connectivity index (χ0) is 25.0. The summed E-state index contributed by atoms with van der Waals surface area (Å²) in [7, 11) is 0. The van der Waals surface area contributed by atoms with Crippen LogP contribution in [0.4, 0.5) is 5.13 Å². The smallest absolute Gasteiger partial charge is 0.204 e. The van der Waals surface area contributed by atoms with E-state index < -0.39 is 0 Å². The number of aromatic nitrogens is 1. The molecule has 0 unspecified atom stereocenters. The minimum atomic E-state index is -0.0405. The van der Waals surface area contributed by atoms with Crippen molar-refractivity contribution in [1.29, 1.82) is 0 Å². The Morgan fingerprint density at radius 2 is 1.49 bits per heavy atom. The Morgan fingerprint density at radius 3 is 2.24 bits per heavy atom. The van der Waals surface area contributed by atoms with Gasteiger partial charge in [-0.3, -0.25) is 5.43 Å². The van der Waals surface area contributed by atoms with Crippen LogP contribution in [0.25, 0.3) is 21.7 Å². The van der Waals surface area contributed by atoms with Gasteiger partial charge in [0.2, 0.25) is 5.13 Å². The molecule has 180 valence electrons. The number of fused-ring (bicyclic) bond motifs is 1. The number of rotatable bonds is 6. The highest BCUT2D eigenvalue weighted by Crippen LogP contribution is 2.41. The van der Waals surface area contributed by atoms with E-state index in [0.29, 0.717) is 0 Å². The molecular formula is C32H25N3OS. The van der Waals surface area contributed by atoms with Gasteiger partial charge in [-0.25, -0.2) is 4.98 Å². The third-order valence-electron chi connectivity index (χ3n) is 6.40. The first-order chi connectivity index (χ1) is 18.3. The Balaban J connectivity index is 1.45. The highest BCUT2D eigenvalue weighted by molar-refractivity contribution is 7.22. The second-order valence-corrected chi connectivity index (χ2v) is 9.87. The van der Waals surface area contributed by atoms with Crippen LogP contribution < -0.4 is 5.43 Å². The highest BCUT2D eigenvalue weighted by atomic mass is 32.1. The average Bonchev–Trinajstić information content (AvgIpc) is 3.37. The van der Waals surface area contributed by atoms with Crippen LogP contribution in [0.2, 0.25) is 0 Å². The summed E-state index contributed by atoms with van der Waals surface area (Å²) in [5.41, 5.74) is 9.57. The Hall–Kier alpha value is -4.48. The molecule has 0 amide bonds. The van der Waals surface area contributed by atoms with Gasteiger partial charge in [-0.05, 0) is 36.3 Å². The van der Waals surface area contributed by atoms with Crippen molar-refractivity contribution in [3.8, 4) is 0 Å². The quantitative estimate of drug-likeness (QED) is 0.189. The lowest BCUT2D eigenvalue weighted by Crippen LogP contribution is -2.14. The van der Waals surface area contributed by atoms with E-state index in [2.05, 4.69) is 83.1 Å². The SMILES string of the molecule is Cc1ccccc1[C@H]1C=C(c2ccccc2)OC(c2ccccc2)=C1/C=N\Nc1nc2ccccc2s1. The van der Waals surface area contributed by atoms with Crippen LogP contribution in [0.5, 0.6) is 0 Å². The number of aryl methyl sites for hydroxylation is 1. The molecule has 0 radical (unpaired) electrons. The number of benzene rings is 4. The lowest BCUT2D eigenvalue weighted by molar-refractivity contribution is 0.456. The topological polar surface area (TPSA) is 46.5 Å². The van der Waals surface area contributed by atoms with Crippen molar-refractivity contribution < 1.29 is 4.74 Å². The van der Waals surface area contributed by atoms with Crippen molar-refractivity contribution in [3.63, 3.8) is 0 Å². The van der Waals surface area contributed by atoms with E-state index in [1.54, 1.807) is 11.3 Å². The molecule has 1 aliphatic heterocycles. The van der Waals surface area contributed by atoms with Crippen LogP contribution in [0.1, 0.15) is 28.2 Å². The van der Waals surface area contributed by atoms with Gasteiger partial charge in [-0.2, -0.15) is 5.10 Å². The van der Waals surface area contributed by atoms with E-state index in [1.165, 1.54) is 11.1 Å². The minimum Gasteiger partial charge on any atom is -0.456 e. The van der Waals surface area contributed by atoms with Crippen LogP contribution in [-0.4, -0.2) is 11.2 Å². The summed E-state index contributed by atoms with van der Waals surface area (Å²) >= 11 is 1.58. The molecule has 5 aromatic rings. The van der Waals surface area contributed by atoms with Gasteiger partial charge in [0.15, 0.2) is 0 Å². The molecule has 0 spiro atoms. The van der Waals surface area contributed by atoms with Gasteiger partial charge < -0.3 is 4.74 Å². The Kier molecular flexibility index (Phi) is 6.36. The summed E-state index contributed by atoms with van der Waals surface area (Å²) in [6, 6.07) is 37.1. The molecule has 4 aromatic carbocycles. The fourth-order valence-corrected chi connectivity index (χ4v) is 5.38. The number of allylic oxidation sites excluding steroid dienone is 2. The first-order valence-corrected chi connectivity index (χ1v) is 13.0. The Labute approximate surface area is 220 Å². The molecule has 1 atom stereocenters. The summed E-state index contributed by atoms with van der Waals surface area (Å²) in [4.78, 5) is 4.65. The minimum absolute atomic E-state index is 0.0405. The fraction of sp³-hybridized carbons (Fsp3) is 0.0625. The van der Waals surface area contributed by atoms with Crippen molar-refractivity contribution in [1.82, 2.24) is 4.98 Å². The first-order valence-electron chi connectivity index (χ1n) is 12.2. The van der Waals surface area contributed by atoms with Crippen LogP contribution in [0.15, 0.2) is 126 Å². The molecule has 1 N–H and O–H groups in total. The van der Waals surface area contributed by atoms with E-state index in [4.69, 9.17) is 4.74 Å². The zero-order valence-electron chi connectivity index (χ0n) is 20.3. The van der Waals surface area contributed by atoms with Gasteiger partial charge in [-0.15, -0.1) is 0 Å². The van der Waals surface area contributed by atoms with E-state index in [0.717, 1.165) is 43.6 Å². The standard InChI is InChI=1S/C32H25N3OS/c1-22-12-8-9-17-25(22)26-20-29(23-13-4-2-5-14-23)36-31(24-15-6-3-7-16-24)27(26)21-33-35-32-34-28-18-10-11-19-30(28)37-32/h2-21,26H,1H3,(H,34,35)/b33-21-/t26-/m1/s1. The third-order valence-corrected chi connectivity index (χ3v) is 7.34. The number of nitrogens with one attached hydrogen (secondary N) is 1. The lowest BCUT2D eigenvalue weighted by Gasteiger charge is -2.28. The van der Waals surface area contributed by atoms with E-state index in [1.807, 2.05) is 60.8 Å². The zero-order valence-corrected chi connectivity index (χ0v) is 21.2. The summed E-state index contributed by atoms with van der Waals surface area (Å²) in [5, 5.41) is 5.40. The van der Waals surface area contributed by atoms with E-state index in [9.17, 15) is 0 Å². The summed E-state index contributed by atoms with van der Waals surface area (Å²) in [6.45, 7) is 2.15. The van der Waals surface area contributed by atoms with Gasteiger partial charge in [0.05, 0.1) is 16.4 Å². The molecule has 6 rings (SSSR count). The fourth-order valence-electron chi connectivity index (χ4n) is 4.57. The molecule has 0 saturated heterocycles. The van der Waals surface area contributed by atoms with E-state index in [-0.39, 0.29) is 5.92 Å². The lowest BCUT2D eigenvalue weighted by atomic mass is 9.84. The van der Waals surface area contributed by atoms with Crippen molar-refractivity contribution in [2.45, 2.75) is 12.8 Å². The van der Waals surface area contributed by atoms with Crippen molar-refractivity contribution >= 4 is 44.4 Å². The van der Waals surface area contributed by atoms with Crippen molar-refractivity contribution in [2.75, 3.05) is 5.43 Å². The number of hydrazone groups is 1. The summed E-state index contributed by atoms with van der Waals surface area (Å²) in [6.07, 6.45) is 4.08. The molecule has 1 aliphatic rings. The average molecular weight is 500 g/mol. The number of ether oxygens (including phenoxy) is 1. The predicted octanol–water partition coefficient (Wildman–Crippen LogP) is 8.27. The number of thiazole rings is 1. The van der Waals surface area contributed by atoms with Gasteiger partial charge in [0.1, 0.15) is 11.5 Å². The van der Waals surface area contributed by atoms with Gasteiger partial charge in [0.25, 0.3) is 0 Å². The molecule has 4 nitrogen and oxygen atoms in total. The van der Waals surface area contributed by atoms with Crippen LogP contribution in [0.3, 0.4) is 0 Å². The molecular weight excluding hydrogens is 474 g/mol. The third kappa shape index (κ3) is 4.82. The summed E-state index contributed by atoms with van der Waals surface area (Å²) < 4.78 is 7.75. The normalized spacial score (nSPS) is 15.6.